The van der Waals surface area contributed by atoms with Gasteiger partial charge in [-0.15, -0.1) is 0 Å². The number of rotatable bonds is 2. The van der Waals surface area contributed by atoms with Gasteiger partial charge in [0.05, 0.1) is 18.3 Å². The van der Waals surface area contributed by atoms with E-state index < -0.39 is 40.6 Å². The Labute approximate surface area is 202 Å². The third-order valence-corrected chi connectivity index (χ3v) is 10.3. The first-order valence-corrected chi connectivity index (χ1v) is 12.5. The van der Waals surface area contributed by atoms with Crippen molar-refractivity contribution in [2.24, 2.45) is 34.0 Å². The van der Waals surface area contributed by atoms with E-state index in [9.17, 15) is 19.5 Å². The Hall–Kier alpha value is -1.73. The summed E-state index contributed by atoms with van der Waals surface area (Å²) >= 11 is 0. The van der Waals surface area contributed by atoms with Gasteiger partial charge in [-0.05, 0) is 42.2 Å². The first-order chi connectivity index (χ1) is 15.5. The zero-order valence-electron chi connectivity index (χ0n) is 22.0. The van der Waals surface area contributed by atoms with Crippen molar-refractivity contribution in [3.8, 4) is 0 Å². The van der Waals surface area contributed by atoms with E-state index in [-0.39, 0.29) is 41.5 Å². The van der Waals surface area contributed by atoms with Gasteiger partial charge in [0.15, 0.2) is 11.9 Å². The molecular formula is C27H40O7. The van der Waals surface area contributed by atoms with Gasteiger partial charge in [-0.2, -0.15) is 0 Å². The molecule has 34 heavy (non-hydrogen) atoms. The lowest BCUT2D eigenvalue weighted by atomic mass is 9.39. The summed E-state index contributed by atoms with van der Waals surface area (Å²) in [5.41, 5.74) is -2.11. The smallest absolute Gasteiger partial charge is 0.303 e. The number of fused-ring (bicyclic) bond motifs is 5. The highest BCUT2D eigenvalue weighted by Crippen LogP contribution is 2.68. The Morgan fingerprint density at radius 3 is 2.15 bits per heavy atom. The number of aliphatic hydroxyl groups is 1. The molecule has 4 rings (SSSR count). The molecule has 0 aromatic heterocycles. The summed E-state index contributed by atoms with van der Waals surface area (Å²) in [4.78, 5) is 38.9. The molecule has 7 nitrogen and oxygen atoms in total. The summed E-state index contributed by atoms with van der Waals surface area (Å²) in [6.45, 7) is 17.1. The van der Waals surface area contributed by atoms with Crippen LogP contribution in [0, 0.1) is 34.0 Å². The maximum atomic E-state index is 14.6. The van der Waals surface area contributed by atoms with Crippen molar-refractivity contribution in [1.29, 1.82) is 0 Å². The van der Waals surface area contributed by atoms with Gasteiger partial charge >= 0.3 is 11.9 Å². The lowest BCUT2D eigenvalue weighted by molar-refractivity contribution is -0.294. The van der Waals surface area contributed by atoms with Crippen molar-refractivity contribution in [1.82, 2.24) is 0 Å². The van der Waals surface area contributed by atoms with E-state index in [0.29, 0.717) is 17.8 Å². The molecule has 0 amide bonds. The SMILES string of the molecule is CC(=O)O[C@H]1C(=O)[C@@]2(C)[C@H]([C@H](C)[C@]3(O)C[C@H](OC(C)=O)C(C)=C1C3(C)C)[C@]1(C)CO[C@@H]1C[C@@H]2C. The van der Waals surface area contributed by atoms with Crippen LogP contribution in [-0.4, -0.2) is 53.3 Å². The molecule has 3 aliphatic carbocycles. The van der Waals surface area contributed by atoms with Crippen molar-refractivity contribution in [2.75, 3.05) is 6.61 Å². The third kappa shape index (κ3) is 3.05. The minimum absolute atomic E-state index is 0.0127. The van der Waals surface area contributed by atoms with E-state index in [4.69, 9.17) is 14.2 Å². The standard InChI is InChI=1S/C27H40O7/c1-13-10-19-25(8,12-32-19)22-15(3)27(31)11-18(33-16(4)28)14(2)20(24(27,6)7)21(34-17(5)29)23(30)26(13,22)9/h13,15,18-19,21-22,31H,10-12H2,1-9H3/t13-,15-,18-,19+,21+,22+,25+,26+,27+/m0/s1. The first kappa shape index (κ1) is 25.4. The molecule has 1 N–H and O–H groups in total. The number of hydrogen-bond donors (Lipinski definition) is 1. The van der Waals surface area contributed by atoms with Gasteiger partial charge in [0.25, 0.3) is 0 Å². The summed E-state index contributed by atoms with van der Waals surface area (Å²) in [6, 6.07) is 0. The van der Waals surface area contributed by atoms with Gasteiger partial charge in [-0.25, -0.2) is 0 Å². The molecule has 9 atom stereocenters. The summed E-state index contributed by atoms with van der Waals surface area (Å²) in [7, 11) is 0. The molecule has 0 radical (unpaired) electrons. The first-order valence-electron chi connectivity index (χ1n) is 12.5. The van der Waals surface area contributed by atoms with Gasteiger partial charge in [0.1, 0.15) is 6.10 Å². The Morgan fingerprint density at radius 2 is 1.65 bits per heavy atom. The molecule has 7 heteroatoms. The van der Waals surface area contributed by atoms with Crippen LogP contribution in [0.25, 0.3) is 0 Å². The van der Waals surface area contributed by atoms with E-state index in [1.54, 1.807) is 0 Å². The summed E-state index contributed by atoms with van der Waals surface area (Å²) < 4.78 is 17.5. The second kappa shape index (κ2) is 7.63. The fourth-order valence-corrected chi connectivity index (χ4v) is 8.31. The minimum atomic E-state index is -1.31. The van der Waals surface area contributed by atoms with Crippen LogP contribution in [0.1, 0.15) is 75.2 Å². The zero-order valence-corrected chi connectivity index (χ0v) is 22.0. The number of carbonyl (C=O) groups excluding carboxylic acids is 3. The lowest BCUT2D eigenvalue weighted by Crippen LogP contribution is -2.74. The molecule has 0 spiro atoms. The zero-order chi connectivity index (χ0) is 25.6. The van der Waals surface area contributed by atoms with Gasteiger partial charge in [-0.3, -0.25) is 14.4 Å². The Bertz CT molecular complexity index is 966. The quantitative estimate of drug-likeness (QED) is 0.480. The number of esters is 2. The molecule has 1 heterocycles. The molecule has 1 aliphatic heterocycles. The molecule has 1 saturated heterocycles. The summed E-state index contributed by atoms with van der Waals surface area (Å²) in [5, 5.41) is 12.6. The topological polar surface area (TPSA) is 99.1 Å². The molecule has 190 valence electrons. The Morgan fingerprint density at radius 1 is 1.06 bits per heavy atom. The number of ketones is 1. The second-order valence-corrected chi connectivity index (χ2v) is 12.3. The highest BCUT2D eigenvalue weighted by molar-refractivity contribution is 5.94. The van der Waals surface area contributed by atoms with Crippen LogP contribution < -0.4 is 0 Å². The Balaban J connectivity index is 2.04. The van der Waals surface area contributed by atoms with Gasteiger partial charge in [0, 0.05) is 36.5 Å². The normalized spacial score (nSPS) is 47.4. The van der Waals surface area contributed by atoms with Crippen LogP contribution in [0.4, 0.5) is 0 Å². The second-order valence-electron chi connectivity index (χ2n) is 12.3. The van der Waals surface area contributed by atoms with E-state index in [1.165, 1.54) is 13.8 Å². The molecule has 2 saturated carbocycles. The van der Waals surface area contributed by atoms with Crippen molar-refractivity contribution in [3.63, 3.8) is 0 Å². The van der Waals surface area contributed by atoms with Crippen molar-refractivity contribution < 1.29 is 33.7 Å². The van der Waals surface area contributed by atoms with E-state index in [2.05, 4.69) is 13.8 Å². The maximum Gasteiger partial charge on any atom is 0.303 e. The number of hydrogen-bond acceptors (Lipinski definition) is 7. The fraction of sp³-hybridized carbons (Fsp3) is 0.815. The van der Waals surface area contributed by atoms with Crippen LogP contribution in [0.15, 0.2) is 11.1 Å². The van der Waals surface area contributed by atoms with Crippen LogP contribution in [-0.2, 0) is 28.6 Å². The molecule has 0 aromatic carbocycles. The maximum absolute atomic E-state index is 14.6. The molecule has 0 unspecified atom stereocenters. The number of ether oxygens (including phenoxy) is 3. The lowest BCUT2D eigenvalue weighted by Gasteiger charge is -2.69. The highest BCUT2D eigenvalue weighted by Gasteiger charge is 2.72. The van der Waals surface area contributed by atoms with Gasteiger partial charge in [0.2, 0.25) is 0 Å². The molecule has 4 aliphatic rings. The Kier molecular flexibility index (Phi) is 5.69. The summed E-state index contributed by atoms with van der Waals surface area (Å²) in [6.07, 6.45) is -0.880. The summed E-state index contributed by atoms with van der Waals surface area (Å²) in [5.74, 6) is -1.70. The molecule has 0 aromatic rings. The van der Waals surface area contributed by atoms with Gasteiger partial charge < -0.3 is 19.3 Å². The number of Topliss-reactive ketones (excluding diaryl/α,β-unsaturated/α-hetero) is 1. The van der Waals surface area contributed by atoms with Crippen LogP contribution >= 0.6 is 0 Å². The van der Waals surface area contributed by atoms with Crippen LogP contribution in [0.5, 0.6) is 0 Å². The van der Waals surface area contributed by atoms with Crippen LogP contribution in [0.2, 0.25) is 0 Å². The van der Waals surface area contributed by atoms with Crippen molar-refractivity contribution in [2.45, 2.75) is 99.1 Å². The minimum Gasteiger partial charge on any atom is -0.458 e. The third-order valence-electron chi connectivity index (χ3n) is 10.3. The largest absolute Gasteiger partial charge is 0.458 e. The monoisotopic (exact) mass is 476 g/mol. The van der Waals surface area contributed by atoms with E-state index >= 15 is 0 Å². The van der Waals surface area contributed by atoms with E-state index in [0.717, 1.165) is 6.42 Å². The van der Waals surface area contributed by atoms with Crippen molar-refractivity contribution >= 4 is 17.7 Å². The fourth-order valence-electron chi connectivity index (χ4n) is 8.31. The highest BCUT2D eigenvalue weighted by atomic mass is 16.6. The van der Waals surface area contributed by atoms with Crippen molar-refractivity contribution in [3.05, 3.63) is 11.1 Å². The predicted molar refractivity (Wildman–Crippen MR) is 125 cm³/mol. The molecule has 2 bridgehead atoms. The average Bonchev–Trinajstić information content (AvgIpc) is 2.71. The predicted octanol–water partition coefficient (Wildman–Crippen LogP) is 3.61. The van der Waals surface area contributed by atoms with Gasteiger partial charge in [-0.1, -0.05) is 41.5 Å². The molecular weight excluding hydrogens is 436 g/mol. The number of carbonyl (C=O) groups is 3. The average molecular weight is 477 g/mol. The molecule has 3 fully saturated rings. The van der Waals surface area contributed by atoms with E-state index in [1.807, 2.05) is 34.6 Å². The van der Waals surface area contributed by atoms with Crippen LogP contribution in [0.3, 0.4) is 0 Å².